The third-order valence-electron chi connectivity index (χ3n) is 5.85. The third-order valence-corrected chi connectivity index (χ3v) is 5.85. The number of hydrogen-bond acceptors (Lipinski definition) is 2. The van der Waals surface area contributed by atoms with Gasteiger partial charge in [-0.3, -0.25) is 9.89 Å². The zero-order valence-electron chi connectivity index (χ0n) is 16.9. The molecule has 27 heavy (non-hydrogen) atoms. The summed E-state index contributed by atoms with van der Waals surface area (Å²) in [5, 5.41) is 3.38. The van der Waals surface area contributed by atoms with Gasteiger partial charge in [0.05, 0.1) is 6.54 Å². The van der Waals surface area contributed by atoms with Gasteiger partial charge in [-0.25, -0.2) is 0 Å². The van der Waals surface area contributed by atoms with Crippen molar-refractivity contribution in [3.05, 3.63) is 0 Å². The van der Waals surface area contributed by atoms with Crippen LogP contribution in [0.1, 0.15) is 46.5 Å². The Balaban J connectivity index is 0.00000364. The van der Waals surface area contributed by atoms with E-state index in [4.69, 9.17) is 4.99 Å². The number of halogens is 4. The van der Waals surface area contributed by atoms with E-state index < -0.39 is 12.7 Å². The number of guanidine groups is 1. The summed E-state index contributed by atoms with van der Waals surface area (Å²) < 4.78 is 37.6. The fourth-order valence-electron chi connectivity index (χ4n) is 4.42. The van der Waals surface area contributed by atoms with Crippen LogP contribution in [0.3, 0.4) is 0 Å². The minimum absolute atomic E-state index is 0. The Labute approximate surface area is 179 Å². The van der Waals surface area contributed by atoms with Gasteiger partial charge in [0.15, 0.2) is 5.96 Å². The van der Waals surface area contributed by atoms with Crippen molar-refractivity contribution in [1.82, 2.24) is 15.1 Å². The summed E-state index contributed by atoms with van der Waals surface area (Å²) in [6.07, 6.45) is 0.348. The number of nitrogens with one attached hydrogen (secondary N) is 1. The van der Waals surface area contributed by atoms with Crippen LogP contribution in [0.15, 0.2) is 4.99 Å². The van der Waals surface area contributed by atoms with E-state index in [1.807, 2.05) is 0 Å². The van der Waals surface area contributed by atoms with Crippen molar-refractivity contribution in [3.63, 3.8) is 0 Å². The average Bonchev–Trinajstić information content (AvgIpc) is 3.21. The molecule has 0 aromatic heterocycles. The molecule has 0 radical (unpaired) electrons. The summed E-state index contributed by atoms with van der Waals surface area (Å²) in [5.74, 6) is 2.66. The number of likely N-dealkylation sites (tertiary alicyclic amines) is 2. The summed E-state index contributed by atoms with van der Waals surface area (Å²) in [5.41, 5.74) is 0. The fraction of sp³-hybridized carbons (Fsp3) is 0.947. The maximum Gasteiger partial charge on any atom is 0.401 e. The molecule has 2 aliphatic rings. The molecule has 2 aliphatic heterocycles. The second kappa shape index (κ2) is 11.7. The van der Waals surface area contributed by atoms with Crippen LogP contribution in [-0.2, 0) is 0 Å². The minimum atomic E-state index is -4.10. The third kappa shape index (κ3) is 7.95. The SMILES string of the molecule is CCNC(=NCC1CCN(CC(F)(F)F)C1)N1CCC(C(CC)CC)C1.I. The molecule has 4 nitrogen and oxygen atoms in total. The van der Waals surface area contributed by atoms with Gasteiger partial charge < -0.3 is 10.2 Å². The largest absolute Gasteiger partial charge is 0.401 e. The first kappa shape index (κ1) is 24.8. The van der Waals surface area contributed by atoms with Gasteiger partial charge in [-0.2, -0.15) is 13.2 Å². The molecule has 0 bridgehead atoms. The van der Waals surface area contributed by atoms with E-state index in [1.165, 1.54) is 24.2 Å². The standard InChI is InChI=1S/C19H35F3N4.HI/c1-4-16(5-2)17-8-10-26(13-17)18(23-6-3)24-11-15-7-9-25(12-15)14-19(20,21)22;/h15-17H,4-14H2,1-3H3,(H,23,24);1H. The van der Waals surface area contributed by atoms with Crippen molar-refractivity contribution in [2.24, 2.45) is 22.7 Å². The maximum atomic E-state index is 12.5. The molecule has 0 spiro atoms. The number of hydrogen-bond donors (Lipinski definition) is 1. The van der Waals surface area contributed by atoms with E-state index in [-0.39, 0.29) is 29.9 Å². The fourth-order valence-corrected chi connectivity index (χ4v) is 4.42. The lowest BCUT2D eigenvalue weighted by Gasteiger charge is -2.24. The highest BCUT2D eigenvalue weighted by Gasteiger charge is 2.34. The quantitative estimate of drug-likeness (QED) is 0.320. The Morgan fingerprint density at radius 1 is 1.11 bits per heavy atom. The lowest BCUT2D eigenvalue weighted by Crippen LogP contribution is -2.40. The molecule has 0 aliphatic carbocycles. The molecule has 2 heterocycles. The van der Waals surface area contributed by atoms with Crippen LogP contribution >= 0.6 is 24.0 Å². The van der Waals surface area contributed by atoms with Crippen molar-refractivity contribution < 1.29 is 13.2 Å². The number of alkyl halides is 3. The molecular formula is C19H36F3IN4. The van der Waals surface area contributed by atoms with E-state index in [0.29, 0.717) is 19.6 Å². The summed E-state index contributed by atoms with van der Waals surface area (Å²) in [6, 6.07) is 0. The van der Waals surface area contributed by atoms with Gasteiger partial charge in [0.25, 0.3) is 0 Å². The molecule has 0 aromatic rings. The summed E-state index contributed by atoms with van der Waals surface area (Å²) in [7, 11) is 0. The van der Waals surface area contributed by atoms with Crippen LogP contribution < -0.4 is 5.32 Å². The summed E-state index contributed by atoms with van der Waals surface area (Å²) >= 11 is 0. The molecular weight excluding hydrogens is 468 g/mol. The van der Waals surface area contributed by atoms with Crippen LogP contribution in [0.4, 0.5) is 13.2 Å². The number of nitrogens with zero attached hydrogens (tertiary/aromatic N) is 3. The van der Waals surface area contributed by atoms with Crippen molar-refractivity contribution in [2.45, 2.75) is 52.6 Å². The minimum Gasteiger partial charge on any atom is -0.357 e. The van der Waals surface area contributed by atoms with Gasteiger partial charge in [0, 0.05) is 32.7 Å². The van der Waals surface area contributed by atoms with Gasteiger partial charge in [-0.15, -0.1) is 24.0 Å². The highest BCUT2D eigenvalue weighted by Crippen LogP contribution is 2.29. The second-order valence-electron chi connectivity index (χ2n) is 7.77. The Hall–Kier alpha value is -0.250. The average molecular weight is 504 g/mol. The summed E-state index contributed by atoms with van der Waals surface area (Å²) in [6.45, 7) is 10.3. The van der Waals surface area contributed by atoms with Crippen molar-refractivity contribution in [1.29, 1.82) is 0 Å². The lowest BCUT2D eigenvalue weighted by molar-refractivity contribution is -0.143. The van der Waals surface area contributed by atoms with E-state index >= 15 is 0 Å². The van der Waals surface area contributed by atoms with Crippen molar-refractivity contribution in [2.75, 3.05) is 45.8 Å². The Kier molecular flexibility index (Phi) is 10.7. The van der Waals surface area contributed by atoms with Crippen molar-refractivity contribution >= 4 is 29.9 Å². The van der Waals surface area contributed by atoms with Crippen LogP contribution in [-0.4, -0.2) is 67.7 Å². The zero-order chi connectivity index (χ0) is 19.2. The lowest BCUT2D eigenvalue weighted by atomic mass is 9.87. The van der Waals surface area contributed by atoms with E-state index in [1.54, 1.807) is 0 Å². The summed E-state index contributed by atoms with van der Waals surface area (Å²) in [4.78, 5) is 8.63. The molecule has 8 heteroatoms. The smallest absolute Gasteiger partial charge is 0.357 e. The molecule has 2 atom stereocenters. The molecule has 160 valence electrons. The molecule has 2 fully saturated rings. The number of rotatable bonds is 7. The zero-order valence-corrected chi connectivity index (χ0v) is 19.2. The van der Waals surface area contributed by atoms with Gasteiger partial charge in [-0.1, -0.05) is 26.7 Å². The monoisotopic (exact) mass is 504 g/mol. The second-order valence-corrected chi connectivity index (χ2v) is 7.77. The van der Waals surface area contributed by atoms with E-state index in [2.05, 4.69) is 31.0 Å². The molecule has 0 aromatic carbocycles. The van der Waals surface area contributed by atoms with Gasteiger partial charge in [-0.05, 0) is 44.1 Å². The van der Waals surface area contributed by atoms with Gasteiger partial charge >= 0.3 is 6.18 Å². The first-order valence-electron chi connectivity index (χ1n) is 10.2. The highest BCUT2D eigenvalue weighted by atomic mass is 127. The first-order chi connectivity index (χ1) is 12.4. The highest BCUT2D eigenvalue weighted by molar-refractivity contribution is 14.0. The topological polar surface area (TPSA) is 30.9 Å². The van der Waals surface area contributed by atoms with Gasteiger partial charge in [0.1, 0.15) is 0 Å². The van der Waals surface area contributed by atoms with Crippen LogP contribution in [0.25, 0.3) is 0 Å². The Morgan fingerprint density at radius 3 is 2.41 bits per heavy atom. The predicted octanol–water partition coefficient (Wildman–Crippen LogP) is 4.21. The van der Waals surface area contributed by atoms with E-state index in [9.17, 15) is 13.2 Å². The maximum absolute atomic E-state index is 12.5. The predicted molar refractivity (Wildman–Crippen MR) is 116 cm³/mol. The molecule has 2 rings (SSSR count). The number of aliphatic imine (C=N–C) groups is 1. The van der Waals surface area contributed by atoms with Crippen LogP contribution in [0.5, 0.6) is 0 Å². The van der Waals surface area contributed by atoms with Crippen molar-refractivity contribution in [3.8, 4) is 0 Å². The molecule has 0 amide bonds. The van der Waals surface area contributed by atoms with E-state index in [0.717, 1.165) is 43.9 Å². The normalized spacial score (nSPS) is 24.6. The molecule has 2 unspecified atom stereocenters. The molecule has 1 N–H and O–H groups in total. The Morgan fingerprint density at radius 2 is 1.81 bits per heavy atom. The van der Waals surface area contributed by atoms with Crippen LogP contribution in [0.2, 0.25) is 0 Å². The first-order valence-corrected chi connectivity index (χ1v) is 10.2. The van der Waals surface area contributed by atoms with Crippen LogP contribution in [0, 0.1) is 17.8 Å². The van der Waals surface area contributed by atoms with Gasteiger partial charge in [0.2, 0.25) is 0 Å². The Bertz CT molecular complexity index is 455. The molecule has 0 saturated carbocycles. The molecule has 2 saturated heterocycles.